The topological polar surface area (TPSA) is 41.1 Å². The first-order chi connectivity index (χ1) is 9.11. The van der Waals surface area contributed by atoms with E-state index in [1.807, 2.05) is 12.4 Å². The van der Waals surface area contributed by atoms with E-state index in [2.05, 4.69) is 47.9 Å². The first kappa shape index (κ1) is 14.3. The van der Waals surface area contributed by atoms with E-state index in [1.54, 1.807) is 0 Å². The lowest BCUT2D eigenvalue weighted by Gasteiger charge is -2.41. The van der Waals surface area contributed by atoms with Crippen molar-refractivity contribution in [3.63, 3.8) is 0 Å². The van der Waals surface area contributed by atoms with Crippen LogP contribution in [0.15, 0.2) is 12.4 Å². The van der Waals surface area contributed by atoms with E-state index in [0.717, 1.165) is 37.1 Å². The van der Waals surface area contributed by atoms with Crippen molar-refractivity contribution in [3.05, 3.63) is 18.1 Å². The molecule has 0 aromatic carbocycles. The fourth-order valence-electron chi connectivity index (χ4n) is 2.86. The van der Waals surface area contributed by atoms with Crippen LogP contribution >= 0.6 is 0 Å². The molecule has 0 spiro atoms. The minimum atomic E-state index is 0.546. The van der Waals surface area contributed by atoms with Crippen molar-refractivity contribution >= 4 is 5.82 Å². The average molecular weight is 262 g/mol. The zero-order valence-corrected chi connectivity index (χ0v) is 12.6. The number of hydrogen-bond donors (Lipinski definition) is 1. The summed E-state index contributed by atoms with van der Waals surface area (Å²) in [6, 6.07) is 0.546. The number of hydrogen-bond acceptors (Lipinski definition) is 4. The molecular formula is C15H26N4. The van der Waals surface area contributed by atoms with Gasteiger partial charge in [0.1, 0.15) is 5.82 Å². The number of rotatable bonds is 4. The highest BCUT2D eigenvalue weighted by molar-refractivity contribution is 5.38. The molecular weight excluding hydrogens is 236 g/mol. The van der Waals surface area contributed by atoms with Gasteiger partial charge in [-0.3, -0.25) is 4.98 Å². The third-order valence-corrected chi connectivity index (χ3v) is 4.14. The SMILES string of the molecule is CCNCc1cnc(N2CC(C)CC(C)C2C)cn1. The van der Waals surface area contributed by atoms with E-state index >= 15 is 0 Å². The summed E-state index contributed by atoms with van der Waals surface area (Å²) in [5.74, 6) is 2.47. The maximum Gasteiger partial charge on any atom is 0.147 e. The van der Waals surface area contributed by atoms with Crippen LogP contribution in [0.3, 0.4) is 0 Å². The number of nitrogens with one attached hydrogen (secondary N) is 1. The smallest absolute Gasteiger partial charge is 0.147 e. The zero-order valence-electron chi connectivity index (χ0n) is 12.6. The van der Waals surface area contributed by atoms with Crippen molar-refractivity contribution in [2.75, 3.05) is 18.0 Å². The molecule has 1 aliphatic heterocycles. The van der Waals surface area contributed by atoms with E-state index in [1.165, 1.54) is 6.42 Å². The maximum atomic E-state index is 4.60. The van der Waals surface area contributed by atoms with E-state index in [0.29, 0.717) is 12.0 Å². The molecule has 1 aliphatic rings. The lowest BCUT2D eigenvalue weighted by molar-refractivity contribution is 0.295. The monoisotopic (exact) mass is 262 g/mol. The molecule has 1 fully saturated rings. The van der Waals surface area contributed by atoms with Crippen LogP contribution in [-0.2, 0) is 6.54 Å². The molecule has 2 heterocycles. The maximum absolute atomic E-state index is 4.60. The molecule has 1 N–H and O–H groups in total. The first-order valence-electron chi connectivity index (χ1n) is 7.40. The predicted octanol–water partition coefficient (Wildman–Crippen LogP) is 2.46. The van der Waals surface area contributed by atoms with Gasteiger partial charge in [-0.05, 0) is 31.7 Å². The highest BCUT2D eigenvalue weighted by Gasteiger charge is 2.29. The zero-order chi connectivity index (χ0) is 13.8. The molecule has 0 amide bonds. The number of aromatic nitrogens is 2. The van der Waals surface area contributed by atoms with E-state index in [4.69, 9.17) is 0 Å². The van der Waals surface area contributed by atoms with Crippen molar-refractivity contribution in [1.29, 1.82) is 0 Å². The molecule has 1 saturated heterocycles. The molecule has 3 unspecified atom stereocenters. The van der Waals surface area contributed by atoms with Gasteiger partial charge in [0.05, 0.1) is 18.1 Å². The van der Waals surface area contributed by atoms with Gasteiger partial charge in [-0.1, -0.05) is 20.8 Å². The van der Waals surface area contributed by atoms with Gasteiger partial charge in [-0.15, -0.1) is 0 Å². The Hall–Kier alpha value is -1.16. The second-order valence-electron chi connectivity index (χ2n) is 5.86. The fourth-order valence-corrected chi connectivity index (χ4v) is 2.86. The van der Waals surface area contributed by atoms with Crippen LogP contribution < -0.4 is 10.2 Å². The summed E-state index contributed by atoms with van der Waals surface area (Å²) in [4.78, 5) is 11.5. The van der Waals surface area contributed by atoms with Crippen LogP contribution in [0.1, 0.15) is 39.8 Å². The molecule has 4 nitrogen and oxygen atoms in total. The minimum absolute atomic E-state index is 0.546. The lowest BCUT2D eigenvalue weighted by Crippen LogP contribution is -2.46. The molecule has 0 saturated carbocycles. The molecule has 19 heavy (non-hydrogen) atoms. The van der Waals surface area contributed by atoms with Crippen LogP contribution in [0.4, 0.5) is 5.82 Å². The summed E-state index contributed by atoms with van der Waals surface area (Å²) < 4.78 is 0. The van der Waals surface area contributed by atoms with Crippen LogP contribution in [0.5, 0.6) is 0 Å². The predicted molar refractivity (Wildman–Crippen MR) is 79.2 cm³/mol. The van der Waals surface area contributed by atoms with E-state index < -0.39 is 0 Å². The third-order valence-electron chi connectivity index (χ3n) is 4.14. The normalized spacial score (nSPS) is 27.6. The average Bonchev–Trinajstić information content (AvgIpc) is 2.41. The van der Waals surface area contributed by atoms with Crippen LogP contribution in [-0.4, -0.2) is 29.1 Å². The van der Waals surface area contributed by atoms with Crippen molar-refractivity contribution in [2.24, 2.45) is 11.8 Å². The van der Waals surface area contributed by atoms with Crippen LogP contribution in [0.25, 0.3) is 0 Å². The van der Waals surface area contributed by atoms with Gasteiger partial charge in [-0.25, -0.2) is 4.98 Å². The molecule has 3 atom stereocenters. The van der Waals surface area contributed by atoms with Crippen LogP contribution in [0, 0.1) is 11.8 Å². The second kappa shape index (κ2) is 6.33. The molecule has 1 aromatic rings. The Morgan fingerprint density at radius 2 is 2.05 bits per heavy atom. The molecule has 106 valence electrons. The highest BCUT2D eigenvalue weighted by atomic mass is 15.2. The quantitative estimate of drug-likeness (QED) is 0.905. The molecule has 4 heteroatoms. The van der Waals surface area contributed by atoms with Gasteiger partial charge >= 0.3 is 0 Å². The first-order valence-corrected chi connectivity index (χ1v) is 7.40. The van der Waals surface area contributed by atoms with Gasteiger partial charge < -0.3 is 10.2 Å². The van der Waals surface area contributed by atoms with Crippen molar-refractivity contribution < 1.29 is 0 Å². The Balaban J connectivity index is 2.08. The van der Waals surface area contributed by atoms with Gasteiger partial charge in [0.15, 0.2) is 0 Å². The molecule has 0 bridgehead atoms. The van der Waals surface area contributed by atoms with Gasteiger partial charge in [0.25, 0.3) is 0 Å². The Bertz CT molecular complexity index is 390. The summed E-state index contributed by atoms with van der Waals surface area (Å²) in [5, 5.41) is 3.27. The Morgan fingerprint density at radius 1 is 1.26 bits per heavy atom. The Kier molecular flexibility index (Phi) is 4.75. The number of nitrogens with zero attached hydrogens (tertiary/aromatic N) is 3. The summed E-state index contributed by atoms with van der Waals surface area (Å²) in [6.45, 7) is 11.9. The number of piperidine rings is 1. The molecule has 0 radical (unpaired) electrons. The van der Waals surface area contributed by atoms with Gasteiger partial charge in [0.2, 0.25) is 0 Å². The summed E-state index contributed by atoms with van der Waals surface area (Å²) in [6.07, 6.45) is 5.13. The van der Waals surface area contributed by atoms with Crippen LogP contribution in [0.2, 0.25) is 0 Å². The standard InChI is InChI=1S/C15H26N4/c1-5-16-7-14-8-18-15(9-17-14)19-10-11(2)6-12(3)13(19)4/h8-9,11-13,16H,5-7,10H2,1-4H3. The minimum Gasteiger partial charge on any atom is -0.352 e. The molecule has 2 rings (SSSR count). The molecule has 1 aromatic heterocycles. The Morgan fingerprint density at radius 3 is 2.68 bits per heavy atom. The third kappa shape index (κ3) is 3.44. The fraction of sp³-hybridized carbons (Fsp3) is 0.733. The second-order valence-corrected chi connectivity index (χ2v) is 5.86. The van der Waals surface area contributed by atoms with E-state index in [-0.39, 0.29) is 0 Å². The van der Waals surface area contributed by atoms with Gasteiger partial charge in [-0.2, -0.15) is 0 Å². The summed E-state index contributed by atoms with van der Waals surface area (Å²) in [5.41, 5.74) is 1.01. The van der Waals surface area contributed by atoms with Crippen molar-refractivity contribution in [2.45, 2.75) is 46.7 Å². The number of anilines is 1. The largest absolute Gasteiger partial charge is 0.352 e. The van der Waals surface area contributed by atoms with E-state index in [9.17, 15) is 0 Å². The van der Waals surface area contributed by atoms with Crippen molar-refractivity contribution in [1.82, 2.24) is 15.3 Å². The highest BCUT2D eigenvalue weighted by Crippen LogP contribution is 2.29. The lowest BCUT2D eigenvalue weighted by atomic mass is 9.86. The molecule has 0 aliphatic carbocycles. The van der Waals surface area contributed by atoms with Crippen molar-refractivity contribution in [3.8, 4) is 0 Å². The van der Waals surface area contributed by atoms with Gasteiger partial charge in [0, 0.05) is 19.1 Å². The summed E-state index contributed by atoms with van der Waals surface area (Å²) in [7, 11) is 0. The Labute approximate surface area is 116 Å². The summed E-state index contributed by atoms with van der Waals surface area (Å²) >= 11 is 0.